The molecule has 3 rings (SSSR count). The number of hydrogen-bond donors (Lipinski definition) is 1. The van der Waals surface area contributed by atoms with E-state index in [-0.39, 0.29) is 23.0 Å². The third-order valence-corrected chi connectivity index (χ3v) is 6.35. The minimum Gasteiger partial charge on any atom is -0.341 e. The molecule has 2 heterocycles. The fraction of sp³-hybridized carbons (Fsp3) is 0.421. The van der Waals surface area contributed by atoms with Crippen molar-refractivity contribution in [2.24, 2.45) is 5.92 Å². The summed E-state index contributed by atoms with van der Waals surface area (Å²) in [5.74, 6) is 0.734. The second-order valence-electron chi connectivity index (χ2n) is 6.39. The van der Waals surface area contributed by atoms with Crippen LogP contribution in [0.3, 0.4) is 0 Å². The van der Waals surface area contributed by atoms with Gasteiger partial charge >= 0.3 is 0 Å². The number of hydrogen-bond acceptors (Lipinski definition) is 5. The summed E-state index contributed by atoms with van der Waals surface area (Å²) in [6, 6.07) is 10.2. The van der Waals surface area contributed by atoms with E-state index in [4.69, 9.17) is 0 Å². The van der Waals surface area contributed by atoms with Gasteiger partial charge in [-0.25, -0.2) is 4.98 Å². The predicted octanol–water partition coefficient (Wildman–Crippen LogP) is 3.64. The fourth-order valence-corrected chi connectivity index (χ4v) is 4.47. The van der Waals surface area contributed by atoms with E-state index in [2.05, 4.69) is 22.4 Å². The van der Waals surface area contributed by atoms with Crippen molar-refractivity contribution in [2.45, 2.75) is 30.8 Å². The minimum atomic E-state index is -0.164. The van der Waals surface area contributed by atoms with Crippen LogP contribution >= 0.6 is 23.1 Å². The maximum atomic E-state index is 12.8. The number of piperidine rings is 1. The summed E-state index contributed by atoms with van der Waals surface area (Å²) in [6.45, 7) is 3.18. The first kappa shape index (κ1) is 18.9. The summed E-state index contributed by atoms with van der Waals surface area (Å²) >= 11 is 3.05. The standard InChI is InChI=1S/C19H23N3O2S2/c1-14(26-13-15-6-3-2-4-7-15)18(24)22-10-5-8-16(12-22)17(23)21-19-20-9-11-25-19/h2-4,6-7,9,11,14,16H,5,8,10,12-13H2,1H3,(H,20,21,23)/t14-,16+/m1/s1. The van der Waals surface area contributed by atoms with Crippen LogP contribution < -0.4 is 5.32 Å². The van der Waals surface area contributed by atoms with E-state index >= 15 is 0 Å². The molecule has 2 amide bonds. The maximum Gasteiger partial charge on any atom is 0.235 e. The molecule has 7 heteroatoms. The maximum absolute atomic E-state index is 12.8. The molecule has 1 aliphatic heterocycles. The zero-order chi connectivity index (χ0) is 18.4. The van der Waals surface area contributed by atoms with Gasteiger partial charge in [-0.3, -0.25) is 9.59 Å². The molecule has 0 bridgehead atoms. The lowest BCUT2D eigenvalue weighted by Gasteiger charge is -2.33. The Morgan fingerprint density at radius 2 is 2.19 bits per heavy atom. The minimum absolute atomic E-state index is 0.0398. The zero-order valence-electron chi connectivity index (χ0n) is 14.8. The molecule has 0 unspecified atom stereocenters. The predicted molar refractivity (Wildman–Crippen MR) is 107 cm³/mol. The molecule has 1 fully saturated rings. The van der Waals surface area contributed by atoms with E-state index in [0.717, 1.165) is 25.1 Å². The van der Waals surface area contributed by atoms with Gasteiger partial charge < -0.3 is 10.2 Å². The van der Waals surface area contributed by atoms with E-state index in [1.54, 1.807) is 18.0 Å². The van der Waals surface area contributed by atoms with Crippen LogP contribution in [0.2, 0.25) is 0 Å². The van der Waals surface area contributed by atoms with Crippen molar-refractivity contribution in [3.05, 3.63) is 47.5 Å². The molecular formula is C19H23N3O2S2. The van der Waals surface area contributed by atoms with Gasteiger partial charge in [0.2, 0.25) is 11.8 Å². The van der Waals surface area contributed by atoms with E-state index in [1.165, 1.54) is 16.9 Å². The molecular weight excluding hydrogens is 366 g/mol. The molecule has 2 atom stereocenters. The van der Waals surface area contributed by atoms with Gasteiger partial charge in [-0.1, -0.05) is 30.3 Å². The number of carbonyl (C=O) groups excluding carboxylic acids is 2. The number of carbonyl (C=O) groups is 2. The van der Waals surface area contributed by atoms with Gasteiger partial charge in [-0.05, 0) is 25.3 Å². The van der Waals surface area contributed by atoms with Crippen LogP contribution in [0.25, 0.3) is 0 Å². The third-order valence-electron chi connectivity index (χ3n) is 4.46. The molecule has 5 nitrogen and oxygen atoms in total. The summed E-state index contributed by atoms with van der Waals surface area (Å²) in [5, 5.41) is 5.18. The third kappa shape index (κ3) is 5.08. The highest BCUT2D eigenvalue weighted by molar-refractivity contribution is 7.99. The Balaban J connectivity index is 1.51. The van der Waals surface area contributed by atoms with Crippen LogP contribution in [0.5, 0.6) is 0 Å². The molecule has 138 valence electrons. The number of aromatic nitrogens is 1. The Bertz CT molecular complexity index is 722. The normalized spacial score (nSPS) is 18.3. The smallest absolute Gasteiger partial charge is 0.235 e. The molecule has 0 radical (unpaired) electrons. The highest BCUT2D eigenvalue weighted by Crippen LogP contribution is 2.24. The lowest BCUT2D eigenvalue weighted by atomic mass is 9.97. The highest BCUT2D eigenvalue weighted by Gasteiger charge is 2.30. The summed E-state index contributed by atoms with van der Waals surface area (Å²) in [5.41, 5.74) is 1.22. The largest absolute Gasteiger partial charge is 0.341 e. The van der Waals surface area contributed by atoms with Crippen molar-refractivity contribution in [1.29, 1.82) is 0 Å². The van der Waals surface area contributed by atoms with Crippen LogP contribution in [-0.4, -0.2) is 40.0 Å². The van der Waals surface area contributed by atoms with Crippen molar-refractivity contribution in [2.75, 3.05) is 18.4 Å². The van der Waals surface area contributed by atoms with Gasteiger partial charge in [-0.2, -0.15) is 0 Å². The van der Waals surface area contributed by atoms with Crippen LogP contribution in [0, 0.1) is 5.92 Å². The number of amides is 2. The lowest BCUT2D eigenvalue weighted by Crippen LogP contribution is -2.46. The molecule has 2 aromatic rings. The molecule has 1 aromatic heterocycles. The SMILES string of the molecule is C[C@@H](SCc1ccccc1)C(=O)N1CCC[C@H](C(=O)Nc2nccs2)C1. The Morgan fingerprint density at radius 3 is 2.92 bits per heavy atom. The summed E-state index contributed by atoms with van der Waals surface area (Å²) in [7, 11) is 0. The van der Waals surface area contributed by atoms with E-state index in [1.807, 2.05) is 35.4 Å². The van der Waals surface area contributed by atoms with Gasteiger partial charge in [0, 0.05) is 30.4 Å². The molecule has 1 N–H and O–H groups in total. The first-order valence-electron chi connectivity index (χ1n) is 8.78. The zero-order valence-corrected chi connectivity index (χ0v) is 16.4. The molecule has 0 aliphatic carbocycles. The van der Waals surface area contributed by atoms with Crippen molar-refractivity contribution in [3.63, 3.8) is 0 Å². The molecule has 0 saturated carbocycles. The number of thiazole rings is 1. The van der Waals surface area contributed by atoms with Crippen LogP contribution in [-0.2, 0) is 15.3 Å². The monoisotopic (exact) mass is 389 g/mol. The Labute approximate surface area is 162 Å². The summed E-state index contributed by atoms with van der Waals surface area (Å²) in [4.78, 5) is 31.1. The number of rotatable bonds is 6. The molecule has 0 spiro atoms. The van der Waals surface area contributed by atoms with E-state index in [9.17, 15) is 9.59 Å². The van der Waals surface area contributed by atoms with Gasteiger partial charge in [-0.15, -0.1) is 23.1 Å². The topological polar surface area (TPSA) is 62.3 Å². The number of likely N-dealkylation sites (tertiary alicyclic amines) is 1. The summed E-state index contributed by atoms with van der Waals surface area (Å²) < 4.78 is 0. The van der Waals surface area contributed by atoms with E-state index in [0.29, 0.717) is 11.7 Å². The fourth-order valence-electron chi connectivity index (χ4n) is 3.01. The second-order valence-corrected chi connectivity index (χ2v) is 8.61. The van der Waals surface area contributed by atoms with Crippen molar-refractivity contribution in [3.8, 4) is 0 Å². The van der Waals surface area contributed by atoms with E-state index < -0.39 is 0 Å². The summed E-state index contributed by atoms with van der Waals surface area (Å²) in [6.07, 6.45) is 3.34. The molecule has 26 heavy (non-hydrogen) atoms. The van der Waals surface area contributed by atoms with Gasteiger partial charge in [0.15, 0.2) is 5.13 Å². The number of benzene rings is 1. The Hall–Kier alpha value is -1.86. The van der Waals surface area contributed by atoms with Crippen LogP contribution in [0.15, 0.2) is 41.9 Å². The highest BCUT2D eigenvalue weighted by atomic mass is 32.2. The number of thioether (sulfide) groups is 1. The average molecular weight is 390 g/mol. The molecule has 1 saturated heterocycles. The van der Waals surface area contributed by atoms with Gasteiger partial charge in [0.1, 0.15) is 0 Å². The number of nitrogens with one attached hydrogen (secondary N) is 1. The average Bonchev–Trinajstić information content (AvgIpc) is 3.19. The van der Waals surface area contributed by atoms with Gasteiger partial charge in [0.25, 0.3) is 0 Å². The lowest BCUT2D eigenvalue weighted by molar-refractivity contribution is -0.133. The number of nitrogens with zero attached hydrogens (tertiary/aromatic N) is 2. The van der Waals surface area contributed by atoms with Crippen LogP contribution in [0.4, 0.5) is 5.13 Å². The number of anilines is 1. The van der Waals surface area contributed by atoms with Crippen molar-refractivity contribution in [1.82, 2.24) is 9.88 Å². The van der Waals surface area contributed by atoms with Crippen molar-refractivity contribution >= 4 is 40.0 Å². The second kappa shape index (κ2) is 9.19. The Kier molecular flexibility index (Phi) is 6.68. The molecule has 1 aliphatic rings. The quantitative estimate of drug-likeness (QED) is 0.819. The van der Waals surface area contributed by atoms with Crippen LogP contribution in [0.1, 0.15) is 25.3 Å². The Morgan fingerprint density at radius 1 is 1.38 bits per heavy atom. The van der Waals surface area contributed by atoms with Gasteiger partial charge in [0.05, 0.1) is 11.2 Å². The molecule has 1 aromatic carbocycles. The first-order chi connectivity index (χ1) is 12.6. The van der Waals surface area contributed by atoms with Crippen molar-refractivity contribution < 1.29 is 9.59 Å². The first-order valence-corrected chi connectivity index (χ1v) is 10.7.